The van der Waals surface area contributed by atoms with Crippen LogP contribution in [0.2, 0.25) is 0 Å². The highest BCUT2D eigenvalue weighted by Gasteiger charge is 2.47. The van der Waals surface area contributed by atoms with Gasteiger partial charge in [0.1, 0.15) is 5.41 Å². The molecule has 80 valence electrons. The average Bonchev–Trinajstić information content (AvgIpc) is 2.16. The van der Waals surface area contributed by atoms with Gasteiger partial charge in [0.15, 0.2) is 0 Å². The molecular weight excluding hydrogens is 196 g/mol. The van der Waals surface area contributed by atoms with Crippen LogP contribution >= 0.6 is 0 Å². The number of aromatic nitrogens is 2. The minimum absolute atomic E-state index is 0.361. The van der Waals surface area contributed by atoms with E-state index in [1.54, 1.807) is 0 Å². The number of rotatable bonds is 3. The number of aliphatic carboxylic acids is 1. The first-order chi connectivity index (χ1) is 7.19. The van der Waals surface area contributed by atoms with Gasteiger partial charge in [-0.2, -0.15) is 0 Å². The highest BCUT2D eigenvalue weighted by Crippen LogP contribution is 2.43. The summed E-state index contributed by atoms with van der Waals surface area (Å²) in [4.78, 5) is 19.3. The van der Waals surface area contributed by atoms with E-state index in [1.165, 1.54) is 19.5 Å². The van der Waals surface area contributed by atoms with E-state index in [0.717, 1.165) is 6.42 Å². The summed E-state index contributed by atoms with van der Waals surface area (Å²) in [6, 6.07) is 0. The van der Waals surface area contributed by atoms with Crippen molar-refractivity contribution in [3.63, 3.8) is 0 Å². The maximum Gasteiger partial charge on any atom is 0.315 e. The molecule has 0 atom stereocenters. The van der Waals surface area contributed by atoms with E-state index in [9.17, 15) is 9.90 Å². The van der Waals surface area contributed by atoms with Crippen molar-refractivity contribution < 1.29 is 14.6 Å². The highest BCUT2D eigenvalue weighted by atomic mass is 16.5. The summed E-state index contributed by atoms with van der Waals surface area (Å²) in [6.45, 7) is 0. The van der Waals surface area contributed by atoms with Gasteiger partial charge in [0, 0.05) is 6.20 Å². The van der Waals surface area contributed by atoms with Crippen LogP contribution in [0.4, 0.5) is 0 Å². The van der Waals surface area contributed by atoms with Gasteiger partial charge in [0.25, 0.3) is 0 Å². The Morgan fingerprint density at radius 3 is 2.73 bits per heavy atom. The molecule has 1 saturated carbocycles. The fraction of sp³-hybridized carbons (Fsp3) is 0.500. The number of nitrogens with zero attached hydrogens (tertiary/aromatic N) is 2. The fourth-order valence-corrected chi connectivity index (χ4v) is 1.79. The van der Waals surface area contributed by atoms with Crippen molar-refractivity contribution in [3.8, 4) is 5.88 Å². The molecule has 1 aromatic rings. The van der Waals surface area contributed by atoms with Crippen LogP contribution in [0.25, 0.3) is 0 Å². The van der Waals surface area contributed by atoms with Crippen molar-refractivity contribution in [1.29, 1.82) is 0 Å². The summed E-state index contributed by atoms with van der Waals surface area (Å²) in [5.74, 6) is -0.462. The summed E-state index contributed by atoms with van der Waals surface area (Å²) in [7, 11) is 1.49. The first kappa shape index (κ1) is 9.89. The predicted octanol–water partition coefficient (Wildman–Crippen LogP) is 0.992. The molecule has 15 heavy (non-hydrogen) atoms. The van der Waals surface area contributed by atoms with Crippen molar-refractivity contribution in [3.05, 3.63) is 18.1 Å². The third-order valence-corrected chi connectivity index (χ3v) is 2.93. The van der Waals surface area contributed by atoms with Crippen molar-refractivity contribution in [2.45, 2.75) is 24.7 Å². The summed E-state index contributed by atoms with van der Waals surface area (Å²) >= 11 is 0. The Morgan fingerprint density at radius 1 is 1.53 bits per heavy atom. The molecule has 5 nitrogen and oxygen atoms in total. The van der Waals surface area contributed by atoms with E-state index in [1.807, 2.05) is 0 Å². The molecule has 0 spiro atoms. The van der Waals surface area contributed by atoms with Gasteiger partial charge in [-0.3, -0.25) is 9.78 Å². The van der Waals surface area contributed by atoms with Crippen LogP contribution in [0.3, 0.4) is 0 Å². The molecule has 1 aromatic heterocycles. The van der Waals surface area contributed by atoms with E-state index in [-0.39, 0.29) is 0 Å². The molecule has 5 heteroatoms. The number of methoxy groups -OCH3 is 1. The van der Waals surface area contributed by atoms with Crippen LogP contribution in [0, 0.1) is 0 Å². The lowest BCUT2D eigenvalue weighted by molar-refractivity contribution is -0.147. The van der Waals surface area contributed by atoms with Crippen molar-refractivity contribution in [1.82, 2.24) is 9.97 Å². The Kier molecular flexibility index (Phi) is 2.30. The second kappa shape index (κ2) is 3.49. The van der Waals surface area contributed by atoms with Crippen molar-refractivity contribution in [2.24, 2.45) is 0 Å². The number of hydrogen-bond acceptors (Lipinski definition) is 4. The topological polar surface area (TPSA) is 72.3 Å². The largest absolute Gasteiger partial charge is 0.481 e. The molecular formula is C10H12N2O3. The lowest BCUT2D eigenvalue weighted by atomic mass is 9.67. The SMILES string of the molecule is COc1cncc(C2(C(=O)O)CCC2)n1. The molecule has 1 aliphatic rings. The number of carboxylic acids is 1. The molecule has 1 fully saturated rings. The summed E-state index contributed by atoms with van der Waals surface area (Å²) in [5, 5.41) is 9.19. The Hall–Kier alpha value is -1.65. The monoisotopic (exact) mass is 208 g/mol. The van der Waals surface area contributed by atoms with Crippen LogP contribution in [0.1, 0.15) is 25.0 Å². The standard InChI is InChI=1S/C10H12N2O3/c1-15-8-6-11-5-7(12-8)10(9(13)14)3-2-4-10/h5-6H,2-4H2,1H3,(H,13,14). The third-order valence-electron chi connectivity index (χ3n) is 2.93. The number of hydrogen-bond donors (Lipinski definition) is 1. The maximum atomic E-state index is 11.2. The first-order valence-corrected chi connectivity index (χ1v) is 4.79. The van der Waals surface area contributed by atoms with E-state index in [4.69, 9.17) is 4.74 Å². The van der Waals surface area contributed by atoms with Crippen LogP contribution in [-0.2, 0) is 10.2 Å². The Morgan fingerprint density at radius 2 is 2.27 bits per heavy atom. The van der Waals surface area contributed by atoms with Gasteiger partial charge in [-0.1, -0.05) is 6.42 Å². The lowest BCUT2D eigenvalue weighted by Crippen LogP contribution is -2.43. The molecule has 0 aromatic carbocycles. The molecule has 0 radical (unpaired) electrons. The zero-order chi connectivity index (χ0) is 10.9. The Balaban J connectivity index is 2.38. The summed E-state index contributed by atoms with van der Waals surface area (Å²) in [6.07, 6.45) is 5.16. The van der Waals surface area contributed by atoms with Crippen LogP contribution in [0.15, 0.2) is 12.4 Å². The zero-order valence-corrected chi connectivity index (χ0v) is 8.43. The number of carboxylic acid groups (broad SMARTS) is 1. The van der Waals surface area contributed by atoms with Crippen LogP contribution in [0.5, 0.6) is 5.88 Å². The third kappa shape index (κ3) is 1.44. The summed E-state index contributed by atoms with van der Waals surface area (Å²) in [5.41, 5.74) is -0.331. The maximum absolute atomic E-state index is 11.2. The number of ether oxygens (including phenoxy) is 1. The molecule has 0 bridgehead atoms. The van der Waals surface area contributed by atoms with E-state index >= 15 is 0 Å². The van der Waals surface area contributed by atoms with Crippen LogP contribution < -0.4 is 4.74 Å². The molecule has 1 N–H and O–H groups in total. The Bertz CT molecular complexity index is 388. The molecule has 1 heterocycles. The second-order valence-electron chi connectivity index (χ2n) is 3.69. The fourth-order valence-electron chi connectivity index (χ4n) is 1.79. The number of carbonyl (C=O) groups is 1. The molecule has 1 aliphatic carbocycles. The lowest BCUT2D eigenvalue weighted by Gasteiger charge is -2.36. The van der Waals surface area contributed by atoms with Gasteiger partial charge >= 0.3 is 5.97 Å². The summed E-state index contributed by atoms with van der Waals surface area (Å²) < 4.78 is 4.93. The van der Waals surface area contributed by atoms with Gasteiger partial charge in [0.05, 0.1) is 19.0 Å². The van der Waals surface area contributed by atoms with Gasteiger partial charge in [0.2, 0.25) is 5.88 Å². The van der Waals surface area contributed by atoms with Gasteiger partial charge in [-0.15, -0.1) is 0 Å². The zero-order valence-electron chi connectivity index (χ0n) is 8.43. The highest BCUT2D eigenvalue weighted by molar-refractivity contribution is 5.81. The van der Waals surface area contributed by atoms with Gasteiger partial charge < -0.3 is 9.84 Å². The van der Waals surface area contributed by atoms with E-state index in [0.29, 0.717) is 24.4 Å². The normalized spacial score (nSPS) is 17.9. The molecule has 0 unspecified atom stereocenters. The molecule has 0 saturated heterocycles. The van der Waals surface area contributed by atoms with Crippen molar-refractivity contribution >= 4 is 5.97 Å². The quantitative estimate of drug-likeness (QED) is 0.801. The molecule has 2 rings (SSSR count). The Labute approximate surface area is 87.1 Å². The molecule has 0 amide bonds. The predicted molar refractivity (Wildman–Crippen MR) is 51.7 cm³/mol. The van der Waals surface area contributed by atoms with Crippen LogP contribution in [-0.4, -0.2) is 28.2 Å². The van der Waals surface area contributed by atoms with Crippen molar-refractivity contribution in [2.75, 3.05) is 7.11 Å². The van der Waals surface area contributed by atoms with Gasteiger partial charge in [-0.05, 0) is 12.8 Å². The minimum atomic E-state index is -0.832. The first-order valence-electron chi connectivity index (χ1n) is 4.79. The average molecular weight is 208 g/mol. The molecule has 0 aliphatic heterocycles. The minimum Gasteiger partial charge on any atom is -0.481 e. The second-order valence-corrected chi connectivity index (χ2v) is 3.69. The van der Waals surface area contributed by atoms with Gasteiger partial charge in [-0.25, -0.2) is 4.98 Å². The smallest absolute Gasteiger partial charge is 0.315 e. The van der Waals surface area contributed by atoms with E-state index in [2.05, 4.69) is 9.97 Å². The van der Waals surface area contributed by atoms with E-state index < -0.39 is 11.4 Å².